The van der Waals surface area contributed by atoms with Crippen LogP contribution in [0.25, 0.3) is 0 Å². The smallest absolute Gasteiger partial charge is 0.315 e. The molecule has 4 nitrogen and oxygen atoms in total. The number of likely N-dealkylation sites (tertiary alicyclic amines) is 1. The summed E-state index contributed by atoms with van der Waals surface area (Å²) < 4.78 is 0. The van der Waals surface area contributed by atoms with Gasteiger partial charge in [-0.1, -0.05) is 0 Å². The van der Waals surface area contributed by atoms with Crippen molar-refractivity contribution in [3.63, 3.8) is 0 Å². The van der Waals surface area contributed by atoms with E-state index < -0.39 is 0 Å². The van der Waals surface area contributed by atoms with Crippen molar-refractivity contribution in [2.24, 2.45) is 5.73 Å². The zero-order valence-electron chi connectivity index (χ0n) is 7.83. The van der Waals surface area contributed by atoms with Gasteiger partial charge in [0.05, 0.1) is 0 Å². The second-order valence-corrected chi connectivity index (χ2v) is 3.94. The number of nitrogens with two attached hydrogens (primary N) is 1. The largest absolute Gasteiger partial charge is 0.351 e. The molecular weight excluding hydrogens is 166 g/mol. The van der Waals surface area contributed by atoms with Gasteiger partial charge in [-0.2, -0.15) is 0 Å². The quantitative estimate of drug-likeness (QED) is 0.613. The van der Waals surface area contributed by atoms with E-state index in [1.807, 2.05) is 4.90 Å². The Balaban J connectivity index is 2.00. The Hall–Kier alpha value is -0.770. The molecule has 2 aliphatic heterocycles. The highest BCUT2D eigenvalue weighted by Crippen LogP contribution is 2.24. The van der Waals surface area contributed by atoms with Gasteiger partial charge in [0.25, 0.3) is 0 Å². The lowest BCUT2D eigenvalue weighted by atomic mass is 10.0. The lowest BCUT2D eigenvalue weighted by Crippen LogP contribution is -2.48. The first kappa shape index (κ1) is 8.81. The third-order valence-corrected chi connectivity index (χ3v) is 3.15. The maximum atomic E-state index is 11.1. The van der Waals surface area contributed by atoms with Gasteiger partial charge in [-0.25, -0.2) is 4.79 Å². The summed E-state index contributed by atoms with van der Waals surface area (Å²) in [5, 5.41) is 3.43. The zero-order valence-corrected chi connectivity index (χ0v) is 7.83. The molecule has 74 valence electrons. The van der Waals surface area contributed by atoms with Gasteiger partial charge >= 0.3 is 6.03 Å². The van der Waals surface area contributed by atoms with E-state index in [9.17, 15) is 4.79 Å². The number of carbonyl (C=O) groups excluding carboxylic acids is 1. The number of nitrogens with one attached hydrogen (secondary N) is 1. The monoisotopic (exact) mass is 183 g/mol. The van der Waals surface area contributed by atoms with Crippen LogP contribution in [0, 0.1) is 0 Å². The molecule has 0 aliphatic carbocycles. The molecular formula is C9H17N3O. The summed E-state index contributed by atoms with van der Waals surface area (Å²) in [4.78, 5) is 12.9. The SMILES string of the molecule is NC(=O)N1CCCC1C1CCCN1. The van der Waals surface area contributed by atoms with Gasteiger partial charge in [-0.15, -0.1) is 0 Å². The predicted octanol–water partition coefficient (Wildman–Crippen LogP) is 0.281. The lowest BCUT2D eigenvalue weighted by Gasteiger charge is -2.27. The maximum absolute atomic E-state index is 11.1. The van der Waals surface area contributed by atoms with Crippen molar-refractivity contribution < 1.29 is 4.79 Å². The number of primary amides is 1. The number of carbonyl (C=O) groups is 1. The van der Waals surface area contributed by atoms with Crippen LogP contribution in [-0.4, -0.2) is 36.1 Å². The summed E-state index contributed by atoms with van der Waals surface area (Å²) in [5.41, 5.74) is 5.31. The van der Waals surface area contributed by atoms with Crippen molar-refractivity contribution in [3.8, 4) is 0 Å². The Bertz CT molecular complexity index is 201. The highest BCUT2D eigenvalue weighted by Gasteiger charge is 2.34. The van der Waals surface area contributed by atoms with Crippen molar-refractivity contribution in [1.29, 1.82) is 0 Å². The normalized spacial score (nSPS) is 34.0. The third kappa shape index (κ3) is 1.63. The molecule has 2 heterocycles. The van der Waals surface area contributed by atoms with E-state index in [1.54, 1.807) is 0 Å². The minimum absolute atomic E-state index is 0.254. The molecule has 2 rings (SSSR count). The van der Waals surface area contributed by atoms with E-state index in [-0.39, 0.29) is 6.03 Å². The molecule has 0 aromatic carbocycles. The Morgan fingerprint density at radius 3 is 2.85 bits per heavy atom. The minimum Gasteiger partial charge on any atom is -0.351 e. The van der Waals surface area contributed by atoms with Gasteiger partial charge in [0.15, 0.2) is 0 Å². The topological polar surface area (TPSA) is 58.4 Å². The fraction of sp³-hybridized carbons (Fsp3) is 0.889. The molecule has 2 saturated heterocycles. The fourth-order valence-electron chi connectivity index (χ4n) is 2.52. The Morgan fingerprint density at radius 1 is 1.38 bits per heavy atom. The van der Waals surface area contributed by atoms with E-state index in [2.05, 4.69) is 5.32 Å². The van der Waals surface area contributed by atoms with Crippen LogP contribution in [-0.2, 0) is 0 Å². The van der Waals surface area contributed by atoms with E-state index >= 15 is 0 Å². The van der Waals surface area contributed by atoms with Crippen LogP contribution in [0.5, 0.6) is 0 Å². The van der Waals surface area contributed by atoms with Gasteiger partial charge in [0.2, 0.25) is 0 Å². The Labute approximate surface area is 78.5 Å². The number of amides is 2. The molecule has 0 radical (unpaired) electrons. The number of hydrogen-bond donors (Lipinski definition) is 2. The van der Waals surface area contributed by atoms with Crippen LogP contribution in [0.2, 0.25) is 0 Å². The molecule has 0 saturated carbocycles. The molecule has 0 bridgehead atoms. The van der Waals surface area contributed by atoms with Crippen molar-refractivity contribution in [2.45, 2.75) is 37.8 Å². The van der Waals surface area contributed by atoms with E-state index in [1.165, 1.54) is 12.8 Å². The second kappa shape index (κ2) is 3.54. The standard InChI is InChI=1S/C9H17N3O/c10-9(13)12-6-2-4-8(12)7-3-1-5-11-7/h7-8,11H,1-6H2,(H2,10,13). The minimum atomic E-state index is -0.254. The van der Waals surface area contributed by atoms with E-state index in [0.717, 1.165) is 25.9 Å². The molecule has 0 aromatic rings. The zero-order chi connectivity index (χ0) is 9.26. The highest BCUT2D eigenvalue weighted by atomic mass is 16.2. The van der Waals surface area contributed by atoms with Gasteiger partial charge < -0.3 is 16.0 Å². The van der Waals surface area contributed by atoms with Crippen LogP contribution in [0.1, 0.15) is 25.7 Å². The molecule has 2 unspecified atom stereocenters. The molecule has 0 aromatic heterocycles. The van der Waals surface area contributed by atoms with Crippen molar-refractivity contribution in [3.05, 3.63) is 0 Å². The van der Waals surface area contributed by atoms with Gasteiger partial charge in [0.1, 0.15) is 0 Å². The van der Waals surface area contributed by atoms with Crippen LogP contribution >= 0.6 is 0 Å². The van der Waals surface area contributed by atoms with Gasteiger partial charge in [-0.05, 0) is 32.2 Å². The van der Waals surface area contributed by atoms with Crippen molar-refractivity contribution in [1.82, 2.24) is 10.2 Å². The van der Waals surface area contributed by atoms with Crippen LogP contribution in [0.15, 0.2) is 0 Å². The highest BCUT2D eigenvalue weighted by molar-refractivity contribution is 5.72. The van der Waals surface area contributed by atoms with E-state index in [0.29, 0.717) is 12.1 Å². The first-order valence-electron chi connectivity index (χ1n) is 5.08. The van der Waals surface area contributed by atoms with E-state index in [4.69, 9.17) is 5.73 Å². The summed E-state index contributed by atoms with van der Waals surface area (Å²) in [6.45, 7) is 1.94. The predicted molar refractivity (Wildman–Crippen MR) is 50.3 cm³/mol. The molecule has 2 atom stereocenters. The first-order chi connectivity index (χ1) is 6.29. The second-order valence-electron chi connectivity index (χ2n) is 3.94. The maximum Gasteiger partial charge on any atom is 0.315 e. The van der Waals surface area contributed by atoms with Crippen LogP contribution in [0.3, 0.4) is 0 Å². The van der Waals surface area contributed by atoms with Gasteiger partial charge in [0, 0.05) is 18.6 Å². The summed E-state index contributed by atoms with van der Waals surface area (Å²) in [5.74, 6) is 0. The summed E-state index contributed by atoms with van der Waals surface area (Å²) >= 11 is 0. The van der Waals surface area contributed by atoms with Crippen LogP contribution in [0.4, 0.5) is 4.79 Å². The Kier molecular flexibility index (Phi) is 2.40. The third-order valence-electron chi connectivity index (χ3n) is 3.15. The molecule has 2 aliphatic rings. The molecule has 2 fully saturated rings. The average Bonchev–Trinajstić information content (AvgIpc) is 2.74. The molecule has 0 spiro atoms. The molecule has 2 amide bonds. The number of rotatable bonds is 1. The van der Waals surface area contributed by atoms with Gasteiger partial charge in [-0.3, -0.25) is 0 Å². The molecule has 13 heavy (non-hydrogen) atoms. The number of urea groups is 1. The summed E-state index contributed by atoms with van der Waals surface area (Å²) in [6, 6.07) is 0.603. The number of hydrogen-bond acceptors (Lipinski definition) is 2. The molecule has 4 heteroatoms. The summed E-state index contributed by atoms with van der Waals surface area (Å²) in [6.07, 6.45) is 4.63. The summed E-state index contributed by atoms with van der Waals surface area (Å²) in [7, 11) is 0. The lowest BCUT2D eigenvalue weighted by molar-refractivity contribution is 0.191. The van der Waals surface area contributed by atoms with Crippen molar-refractivity contribution >= 4 is 6.03 Å². The average molecular weight is 183 g/mol. The van der Waals surface area contributed by atoms with Crippen LogP contribution < -0.4 is 11.1 Å². The first-order valence-corrected chi connectivity index (χ1v) is 5.08. The fourth-order valence-corrected chi connectivity index (χ4v) is 2.52. The Morgan fingerprint density at radius 2 is 2.23 bits per heavy atom. The molecule has 3 N–H and O–H groups in total. The van der Waals surface area contributed by atoms with Crippen molar-refractivity contribution in [2.75, 3.05) is 13.1 Å². The number of nitrogens with zero attached hydrogens (tertiary/aromatic N) is 1.